The topological polar surface area (TPSA) is 50.4 Å². The number of carbonyl (C=O) groups excluding carboxylic acids is 1. The van der Waals surface area contributed by atoms with Crippen LogP contribution in [-0.2, 0) is 11.3 Å². The maximum Gasteiger partial charge on any atom is 0.234 e. The first-order valence-corrected chi connectivity index (χ1v) is 6.23. The Kier molecular flexibility index (Phi) is 5.95. The molecule has 0 unspecified atom stereocenters. The number of halogens is 1. The molecule has 0 aromatic heterocycles. The van der Waals surface area contributed by atoms with E-state index in [0.717, 1.165) is 5.56 Å². The second kappa shape index (κ2) is 7.24. The van der Waals surface area contributed by atoms with Crippen molar-refractivity contribution >= 4 is 17.5 Å². The van der Waals surface area contributed by atoms with E-state index in [1.807, 2.05) is 32.0 Å². The van der Waals surface area contributed by atoms with Crippen molar-refractivity contribution in [2.75, 3.05) is 13.7 Å². The van der Waals surface area contributed by atoms with Crippen molar-refractivity contribution in [3.05, 3.63) is 28.8 Å². The van der Waals surface area contributed by atoms with Gasteiger partial charge in [-0.3, -0.25) is 4.79 Å². The van der Waals surface area contributed by atoms with Crippen molar-refractivity contribution in [2.24, 2.45) is 0 Å². The van der Waals surface area contributed by atoms with Crippen LogP contribution in [0, 0.1) is 0 Å². The summed E-state index contributed by atoms with van der Waals surface area (Å²) in [6, 6.07) is 5.72. The number of methoxy groups -OCH3 is 1. The third-order valence-electron chi connectivity index (χ3n) is 2.28. The third-order valence-corrected chi connectivity index (χ3v) is 2.58. The Morgan fingerprint density at radius 3 is 2.72 bits per heavy atom. The number of ether oxygens (including phenoxy) is 1. The van der Waals surface area contributed by atoms with E-state index in [9.17, 15) is 4.79 Å². The molecule has 0 radical (unpaired) electrons. The minimum Gasteiger partial charge on any atom is -0.495 e. The highest BCUT2D eigenvalue weighted by Gasteiger charge is 2.04. The molecule has 1 aromatic carbocycles. The molecule has 0 saturated carbocycles. The minimum atomic E-state index is -0.00962. The predicted molar refractivity (Wildman–Crippen MR) is 73.0 cm³/mol. The fraction of sp³-hybridized carbons (Fsp3) is 0.462. The Bertz CT molecular complexity index is 408. The normalized spacial score (nSPS) is 10.5. The van der Waals surface area contributed by atoms with Crippen LogP contribution < -0.4 is 15.4 Å². The Balaban J connectivity index is 2.40. The van der Waals surface area contributed by atoms with E-state index in [0.29, 0.717) is 23.9 Å². The van der Waals surface area contributed by atoms with E-state index in [1.165, 1.54) is 0 Å². The second-order valence-corrected chi connectivity index (χ2v) is 4.70. The SMILES string of the molecule is COc1ccc(CNCC(=O)NC(C)C)cc1Cl. The smallest absolute Gasteiger partial charge is 0.234 e. The van der Waals surface area contributed by atoms with Crippen LogP contribution in [0.1, 0.15) is 19.4 Å². The van der Waals surface area contributed by atoms with Gasteiger partial charge in [0.25, 0.3) is 0 Å². The van der Waals surface area contributed by atoms with E-state index in [-0.39, 0.29) is 11.9 Å². The lowest BCUT2D eigenvalue weighted by molar-refractivity contribution is -0.120. The molecule has 100 valence electrons. The third kappa shape index (κ3) is 4.94. The fourth-order valence-electron chi connectivity index (χ4n) is 1.51. The molecule has 0 spiro atoms. The molecule has 4 nitrogen and oxygen atoms in total. The zero-order valence-corrected chi connectivity index (χ0v) is 11.7. The first kappa shape index (κ1) is 14.8. The van der Waals surface area contributed by atoms with E-state index < -0.39 is 0 Å². The van der Waals surface area contributed by atoms with Crippen molar-refractivity contribution in [3.63, 3.8) is 0 Å². The van der Waals surface area contributed by atoms with Gasteiger partial charge in [0.1, 0.15) is 5.75 Å². The van der Waals surface area contributed by atoms with E-state index in [1.54, 1.807) is 7.11 Å². The minimum absolute atomic E-state index is 0.00962. The summed E-state index contributed by atoms with van der Waals surface area (Å²) in [6.07, 6.45) is 0. The van der Waals surface area contributed by atoms with Crippen LogP contribution in [0.25, 0.3) is 0 Å². The van der Waals surface area contributed by atoms with Gasteiger partial charge in [-0.25, -0.2) is 0 Å². The molecule has 18 heavy (non-hydrogen) atoms. The van der Waals surface area contributed by atoms with Crippen molar-refractivity contribution in [1.29, 1.82) is 0 Å². The number of carbonyl (C=O) groups is 1. The van der Waals surface area contributed by atoms with Crippen molar-refractivity contribution < 1.29 is 9.53 Å². The van der Waals surface area contributed by atoms with Gasteiger partial charge < -0.3 is 15.4 Å². The molecular formula is C13H19ClN2O2. The molecule has 1 aromatic rings. The van der Waals surface area contributed by atoms with Crippen LogP contribution in [0.5, 0.6) is 5.75 Å². The van der Waals surface area contributed by atoms with E-state index in [2.05, 4.69) is 10.6 Å². The molecule has 0 atom stereocenters. The van der Waals surface area contributed by atoms with Gasteiger partial charge in [0.15, 0.2) is 0 Å². The largest absolute Gasteiger partial charge is 0.495 e. The Morgan fingerprint density at radius 1 is 1.44 bits per heavy atom. The maximum absolute atomic E-state index is 11.4. The van der Waals surface area contributed by atoms with Gasteiger partial charge in [-0.1, -0.05) is 17.7 Å². The molecule has 0 heterocycles. The lowest BCUT2D eigenvalue weighted by atomic mass is 10.2. The van der Waals surface area contributed by atoms with E-state index in [4.69, 9.17) is 16.3 Å². The van der Waals surface area contributed by atoms with Gasteiger partial charge in [0.05, 0.1) is 18.7 Å². The van der Waals surface area contributed by atoms with Gasteiger partial charge >= 0.3 is 0 Å². The number of hydrogen-bond acceptors (Lipinski definition) is 3. The van der Waals surface area contributed by atoms with Crippen molar-refractivity contribution in [3.8, 4) is 5.75 Å². The van der Waals surface area contributed by atoms with E-state index >= 15 is 0 Å². The molecule has 0 aliphatic carbocycles. The first-order chi connectivity index (χ1) is 8.52. The quantitative estimate of drug-likeness (QED) is 0.831. The van der Waals surface area contributed by atoms with Crippen LogP contribution in [-0.4, -0.2) is 25.6 Å². The molecule has 0 aliphatic heterocycles. The number of benzene rings is 1. The molecule has 0 bridgehead atoms. The Morgan fingerprint density at radius 2 is 2.17 bits per heavy atom. The zero-order valence-electron chi connectivity index (χ0n) is 10.9. The number of rotatable bonds is 6. The summed E-state index contributed by atoms with van der Waals surface area (Å²) in [5, 5.41) is 6.44. The van der Waals surface area contributed by atoms with Gasteiger partial charge in [-0.05, 0) is 31.5 Å². The highest BCUT2D eigenvalue weighted by Crippen LogP contribution is 2.24. The molecule has 1 rings (SSSR count). The monoisotopic (exact) mass is 270 g/mol. The number of hydrogen-bond donors (Lipinski definition) is 2. The predicted octanol–water partition coefficient (Wildman–Crippen LogP) is 1.96. The molecular weight excluding hydrogens is 252 g/mol. The highest BCUT2D eigenvalue weighted by atomic mass is 35.5. The summed E-state index contributed by atoms with van der Waals surface area (Å²) in [6.45, 7) is 4.75. The molecule has 5 heteroatoms. The van der Waals surface area contributed by atoms with Crippen LogP contribution in [0.15, 0.2) is 18.2 Å². The molecule has 0 fully saturated rings. The van der Waals surface area contributed by atoms with Crippen LogP contribution >= 0.6 is 11.6 Å². The standard InChI is InChI=1S/C13H19ClN2O2/c1-9(2)16-13(17)8-15-7-10-4-5-12(18-3)11(14)6-10/h4-6,9,15H,7-8H2,1-3H3,(H,16,17). The molecule has 0 saturated heterocycles. The van der Waals surface area contributed by atoms with Gasteiger partial charge in [0, 0.05) is 12.6 Å². The van der Waals surface area contributed by atoms with Crippen molar-refractivity contribution in [2.45, 2.75) is 26.4 Å². The lowest BCUT2D eigenvalue weighted by Gasteiger charge is -2.10. The first-order valence-electron chi connectivity index (χ1n) is 5.85. The molecule has 0 aliphatic rings. The highest BCUT2D eigenvalue weighted by molar-refractivity contribution is 6.32. The maximum atomic E-state index is 11.4. The molecule has 1 amide bonds. The zero-order chi connectivity index (χ0) is 13.5. The summed E-state index contributed by atoms with van der Waals surface area (Å²) >= 11 is 6.01. The summed E-state index contributed by atoms with van der Waals surface area (Å²) in [4.78, 5) is 11.4. The van der Waals surface area contributed by atoms with Gasteiger partial charge in [-0.15, -0.1) is 0 Å². The van der Waals surface area contributed by atoms with Gasteiger partial charge in [0.2, 0.25) is 5.91 Å². The summed E-state index contributed by atoms with van der Waals surface area (Å²) in [7, 11) is 1.58. The Hall–Kier alpha value is -1.26. The van der Waals surface area contributed by atoms with Crippen LogP contribution in [0.2, 0.25) is 5.02 Å². The Labute approximate surface area is 113 Å². The molecule has 2 N–H and O–H groups in total. The van der Waals surface area contributed by atoms with Crippen LogP contribution in [0.3, 0.4) is 0 Å². The summed E-state index contributed by atoms with van der Waals surface area (Å²) in [5.41, 5.74) is 1.01. The average molecular weight is 271 g/mol. The second-order valence-electron chi connectivity index (χ2n) is 4.29. The number of amides is 1. The van der Waals surface area contributed by atoms with Crippen LogP contribution in [0.4, 0.5) is 0 Å². The number of nitrogens with one attached hydrogen (secondary N) is 2. The van der Waals surface area contributed by atoms with Gasteiger partial charge in [-0.2, -0.15) is 0 Å². The van der Waals surface area contributed by atoms with Crippen molar-refractivity contribution in [1.82, 2.24) is 10.6 Å². The summed E-state index contributed by atoms with van der Waals surface area (Å²) < 4.78 is 5.07. The lowest BCUT2D eigenvalue weighted by Crippen LogP contribution is -2.37. The summed E-state index contributed by atoms with van der Waals surface area (Å²) in [5.74, 6) is 0.641. The fourth-order valence-corrected chi connectivity index (χ4v) is 1.79. The average Bonchev–Trinajstić information content (AvgIpc) is 2.28.